The average Bonchev–Trinajstić information content (AvgIpc) is 2.66. The Kier molecular flexibility index (Phi) is 3.36. The van der Waals surface area contributed by atoms with Gasteiger partial charge >= 0.3 is 6.18 Å². The molecule has 102 valence electrons. The first-order valence-corrected chi connectivity index (χ1v) is 6.58. The zero-order chi connectivity index (χ0) is 14.1. The summed E-state index contributed by atoms with van der Waals surface area (Å²) in [5, 5.41) is 0.844. The van der Waals surface area contributed by atoms with Crippen molar-refractivity contribution < 1.29 is 26.3 Å². The van der Waals surface area contributed by atoms with Crippen LogP contribution in [0.1, 0.15) is 11.1 Å². The zero-order valence-electron chi connectivity index (χ0n) is 9.39. The monoisotopic (exact) mass is 291 g/mol. The van der Waals surface area contributed by atoms with Crippen molar-refractivity contribution >= 4 is 16.2 Å². The lowest BCUT2D eigenvalue weighted by molar-refractivity contribution is -0.137. The van der Waals surface area contributed by atoms with Crippen LogP contribution in [0.15, 0.2) is 39.8 Å². The fraction of sp³-hybridized carbons (Fsp3) is 0.182. The van der Waals surface area contributed by atoms with E-state index >= 15 is 0 Å². The van der Waals surface area contributed by atoms with Crippen molar-refractivity contribution in [3.05, 3.63) is 46.6 Å². The van der Waals surface area contributed by atoms with Gasteiger partial charge in [-0.1, -0.05) is 12.1 Å². The van der Waals surface area contributed by atoms with Crippen LogP contribution in [0.25, 0.3) is 0 Å². The third-order valence-corrected chi connectivity index (χ3v) is 3.21. The molecule has 0 fully saturated rings. The second-order valence-corrected chi connectivity index (χ2v) is 5.23. The lowest BCUT2D eigenvalue weighted by atomic mass is 10.1. The molecule has 0 N–H and O–H groups in total. The van der Waals surface area contributed by atoms with Crippen molar-refractivity contribution in [2.45, 2.75) is 12.8 Å². The molecule has 1 heterocycles. The molecule has 1 aromatic rings. The molecule has 0 radical (unpaired) electrons. The number of ether oxygens (including phenoxy) is 1. The maximum atomic E-state index is 12.3. The Hall–Kier alpha value is -1.83. The molecule has 2 rings (SSSR count). The predicted molar refractivity (Wildman–Crippen MR) is 61.7 cm³/mol. The zero-order valence-corrected chi connectivity index (χ0v) is 10.2. The van der Waals surface area contributed by atoms with E-state index in [-0.39, 0.29) is 12.4 Å². The summed E-state index contributed by atoms with van der Waals surface area (Å²) in [4.78, 5) is 0. The molecular formula is C11H8F3NO3S. The summed E-state index contributed by atoms with van der Waals surface area (Å²) in [7, 11) is -3.59. The summed E-state index contributed by atoms with van der Waals surface area (Å²) in [6.45, 7) is -0.0362. The van der Waals surface area contributed by atoms with Gasteiger partial charge in [-0.15, -0.1) is 0 Å². The van der Waals surface area contributed by atoms with Crippen molar-refractivity contribution in [2.24, 2.45) is 4.40 Å². The number of hydrogen-bond donors (Lipinski definition) is 0. The summed E-state index contributed by atoms with van der Waals surface area (Å²) in [6, 6.07) is 4.41. The van der Waals surface area contributed by atoms with Gasteiger partial charge in [-0.2, -0.15) is 26.0 Å². The van der Waals surface area contributed by atoms with Gasteiger partial charge in [-0.3, -0.25) is 0 Å². The van der Waals surface area contributed by atoms with Crippen molar-refractivity contribution in [3.8, 4) is 0 Å². The second-order valence-electron chi connectivity index (χ2n) is 3.75. The molecule has 0 spiro atoms. The van der Waals surface area contributed by atoms with Crippen molar-refractivity contribution in [3.63, 3.8) is 0 Å². The fourth-order valence-electron chi connectivity index (χ4n) is 1.36. The van der Waals surface area contributed by atoms with E-state index in [9.17, 15) is 21.6 Å². The molecule has 0 saturated heterocycles. The maximum Gasteiger partial charge on any atom is 0.416 e. The molecule has 0 bridgehead atoms. The van der Waals surface area contributed by atoms with E-state index < -0.39 is 21.8 Å². The number of benzene rings is 1. The number of sulfonamides is 1. The van der Waals surface area contributed by atoms with Crippen LogP contribution in [-0.4, -0.2) is 14.6 Å². The average molecular weight is 291 g/mol. The molecule has 0 unspecified atom stereocenters. The smallest absolute Gasteiger partial charge is 0.416 e. The summed E-state index contributed by atoms with van der Waals surface area (Å²) < 4.78 is 67.1. The van der Waals surface area contributed by atoms with Crippen LogP contribution in [0, 0.1) is 0 Å². The first-order chi connectivity index (χ1) is 8.76. The van der Waals surface area contributed by atoms with Gasteiger partial charge in [0, 0.05) is 0 Å². The Morgan fingerprint density at radius 3 is 2.26 bits per heavy atom. The first kappa shape index (κ1) is 13.6. The van der Waals surface area contributed by atoms with E-state index in [1.807, 2.05) is 0 Å². The highest BCUT2D eigenvalue weighted by molar-refractivity contribution is 7.93. The molecule has 1 aliphatic rings. The SMILES string of the molecule is O=S1(=O)C=C(OCc2ccc(C(F)(F)F)cc2)C=N1. The van der Waals surface area contributed by atoms with Crippen LogP contribution >= 0.6 is 0 Å². The predicted octanol–water partition coefficient (Wildman–Crippen LogP) is 2.48. The fourth-order valence-corrected chi connectivity index (χ4v) is 2.10. The van der Waals surface area contributed by atoms with Gasteiger partial charge in [0.25, 0.3) is 10.0 Å². The highest BCUT2D eigenvalue weighted by atomic mass is 32.2. The highest BCUT2D eigenvalue weighted by Gasteiger charge is 2.29. The summed E-state index contributed by atoms with van der Waals surface area (Å²) in [5.74, 6) is 0.0555. The molecule has 19 heavy (non-hydrogen) atoms. The summed E-state index contributed by atoms with van der Waals surface area (Å²) in [6.07, 6.45) is -3.34. The molecule has 0 saturated carbocycles. The van der Waals surface area contributed by atoms with Crippen molar-refractivity contribution in [1.82, 2.24) is 0 Å². The van der Waals surface area contributed by atoms with E-state index in [2.05, 4.69) is 4.40 Å². The number of nitrogens with zero attached hydrogens (tertiary/aromatic N) is 1. The molecule has 1 aliphatic heterocycles. The number of allylic oxidation sites excluding steroid dienone is 1. The number of alkyl halides is 3. The topological polar surface area (TPSA) is 55.7 Å². The Morgan fingerprint density at radius 2 is 1.79 bits per heavy atom. The third kappa shape index (κ3) is 3.57. The molecule has 0 amide bonds. The minimum absolute atomic E-state index is 0.0362. The van der Waals surface area contributed by atoms with E-state index in [0.29, 0.717) is 5.56 Å². The van der Waals surface area contributed by atoms with Gasteiger partial charge in [0.1, 0.15) is 6.61 Å². The molecule has 8 heteroatoms. The molecule has 0 atom stereocenters. The van der Waals surface area contributed by atoms with Crippen LogP contribution in [-0.2, 0) is 27.5 Å². The Bertz CT molecular complexity index is 630. The lowest BCUT2D eigenvalue weighted by Gasteiger charge is -2.08. The standard InChI is InChI=1S/C11H8F3NO3S/c12-11(13,14)9-3-1-8(2-4-9)6-18-10-5-15-19(16,17)7-10/h1-5,7H,6H2. The molecule has 0 aliphatic carbocycles. The number of halogens is 3. The van der Waals surface area contributed by atoms with Gasteiger partial charge < -0.3 is 4.74 Å². The summed E-state index contributed by atoms with van der Waals surface area (Å²) in [5.41, 5.74) is -0.257. The molecule has 0 aromatic heterocycles. The largest absolute Gasteiger partial charge is 0.486 e. The Balaban J connectivity index is 2.00. The van der Waals surface area contributed by atoms with Crippen LogP contribution in [0.3, 0.4) is 0 Å². The van der Waals surface area contributed by atoms with Crippen molar-refractivity contribution in [1.29, 1.82) is 0 Å². The number of rotatable bonds is 3. The van der Waals surface area contributed by atoms with Crippen LogP contribution in [0.5, 0.6) is 0 Å². The minimum atomic E-state index is -4.38. The van der Waals surface area contributed by atoms with Crippen LogP contribution < -0.4 is 0 Å². The molecular weight excluding hydrogens is 283 g/mol. The summed E-state index contributed by atoms with van der Waals surface area (Å²) >= 11 is 0. The minimum Gasteiger partial charge on any atom is -0.486 e. The van der Waals surface area contributed by atoms with Gasteiger partial charge in [0.05, 0.1) is 17.2 Å². The first-order valence-electron chi connectivity index (χ1n) is 5.07. The van der Waals surface area contributed by atoms with Gasteiger partial charge in [0.2, 0.25) is 0 Å². The van der Waals surface area contributed by atoms with Crippen LogP contribution in [0.2, 0.25) is 0 Å². The highest BCUT2D eigenvalue weighted by Crippen LogP contribution is 2.29. The molecule has 1 aromatic carbocycles. The second kappa shape index (κ2) is 4.69. The number of hydrogen-bond acceptors (Lipinski definition) is 3. The van der Waals surface area contributed by atoms with E-state index in [1.165, 1.54) is 12.1 Å². The third-order valence-electron chi connectivity index (χ3n) is 2.28. The van der Waals surface area contributed by atoms with E-state index in [0.717, 1.165) is 23.8 Å². The lowest BCUT2D eigenvalue weighted by Crippen LogP contribution is -2.04. The maximum absolute atomic E-state index is 12.3. The van der Waals surface area contributed by atoms with Crippen LogP contribution in [0.4, 0.5) is 13.2 Å². The Morgan fingerprint density at radius 1 is 1.16 bits per heavy atom. The van der Waals surface area contributed by atoms with Gasteiger partial charge in [0.15, 0.2) is 5.76 Å². The van der Waals surface area contributed by atoms with Gasteiger partial charge in [-0.25, -0.2) is 0 Å². The van der Waals surface area contributed by atoms with E-state index in [4.69, 9.17) is 4.74 Å². The van der Waals surface area contributed by atoms with Crippen molar-refractivity contribution in [2.75, 3.05) is 0 Å². The van der Waals surface area contributed by atoms with Gasteiger partial charge in [-0.05, 0) is 17.7 Å². The normalized spacial score (nSPS) is 17.3. The van der Waals surface area contributed by atoms with E-state index in [1.54, 1.807) is 0 Å². The Labute approximate surface area is 107 Å². The quantitative estimate of drug-likeness (QED) is 0.859. The molecule has 4 nitrogen and oxygen atoms in total.